The van der Waals surface area contributed by atoms with E-state index in [1.54, 1.807) is 13.8 Å². The SMILES string of the molecule is CC(C)(O)C(N)C(=O)NC1CCCC1. The molecule has 1 aliphatic carbocycles. The first kappa shape index (κ1) is 11.5. The first-order valence-corrected chi connectivity index (χ1v) is 5.19. The van der Waals surface area contributed by atoms with Crippen LogP contribution in [0.15, 0.2) is 0 Å². The Morgan fingerprint density at radius 3 is 2.43 bits per heavy atom. The van der Waals surface area contributed by atoms with Gasteiger partial charge in [0.25, 0.3) is 0 Å². The standard InChI is InChI=1S/C10H20N2O2/c1-10(2,14)8(11)9(13)12-7-5-3-4-6-7/h7-8,14H,3-6,11H2,1-2H3,(H,12,13). The molecule has 0 saturated heterocycles. The van der Waals surface area contributed by atoms with Gasteiger partial charge in [0.1, 0.15) is 6.04 Å². The lowest BCUT2D eigenvalue weighted by Gasteiger charge is -2.26. The second-order valence-electron chi connectivity index (χ2n) is 4.62. The fraction of sp³-hybridized carbons (Fsp3) is 0.900. The molecule has 4 heteroatoms. The van der Waals surface area contributed by atoms with Crippen molar-refractivity contribution >= 4 is 5.91 Å². The quantitative estimate of drug-likeness (QED) is 0.606. The van der Waals surface area contributed by atoms with Crippen molar-refractivity contribution in [2.45, 2.75) is 57.2 Å². The monoisotopic (exact) mass is 200 g/mol. The third kappa shape index (κ3) is 2.96. The van der Waals surface area contributed by atoms with E-state index >= 15 is 0 Å². The van der Waals surface area contributed by atoms with Crippen LogP contribution in [0.1, 0.15) is 39.5 Å². The molecule has 0 aliphatic heterocycles. The zero-order chi connectivity index (χ0) is 10.8. The number of carbonyl (C=O) groups is 1. The summed E-state index contributed by atoms with van der Waals surface area (Å²) in [4.78, 5) is 11.5. The average molecular weight is 200 g/mol. The highest BCUT2D eigenvalue weighted by Crippen LogP contribution is 2.18. The van der Waals surface area contributed by atoms with Crippen LogP contribution in [-0.2, 0) is 4.79 Å². The van der Waals surface area contributed by atoms with Crippen LogP contribution in [0.5, 0.6) is 0 Å². The van der Waals surface area contributed by atoms with Gasteiger partial charge in [-0.15, -0.1) is 0 Å². The predicted octanol–water partition coefficient (Wildman–Crippen LogP) is 0.143. The van der Waals surface area contributed by atoms with Crippen LogP contribution < -0.4 is 11.1 Å². The minimum Gasteiger partial charge on any atom is -0.388 e. The molecule has 0 aromatic rings. The van der Waals surface area contributed by atoms with Gasteiger partial charge >= 0.3 is 0 Å². The Kier molecular flexibility index (Phi) is 3.50. The van der Waals surface area contributed by atoms with Gasteiger partial charge in [-0.1, -0.05) is 12.8 Å². The Hall–Kier alpha value is -0.610. The summed E-state index contributed by atoms with van der Waals surface area (Å²) in [5.41, 5.74) is 4.46. The Labute approximate surface area is 84.9 Å². The first-order chi connectivity index (χ1) is 6.41. The van der Waals surface area contributed by atoms with Crippen LogP contribution in [0.3, 0.4) is 0 Å². The summed E-state index contributed by atoms with van der Waals surface area (Å²) >= 11 is 0. The lowest BCUT2D eigenvalue weighted by Crippen LogP contribution is -2.55. The van der Waals surface area contributed by atoms with E-state index in [4.69, 9.17) is 5.73 Å². The van der Waals surface area contributed by atoms with E-state index in [1.807, 2.05) is 0 Å². The molecule has 82 valence electrons. The molecular weight excluding hydrogens is 180 g/mol. The van der Waals surface area contributed by atoms with Crippen molar-refractivity contribution < 1.29 is 9.90 Å². The third-order valence-corrected chi connectivity index (χ3v) is 2.75. The third-order valence-electron chi connectivity index (χ3n) is 2.75. The van der Waals surface area contributed by atoms with Crippen molar-refractivity contribution in [1.29, 1.82) is 0 Å². The van der Waals surface area contributed by atoms with E-state index in [0.29, 0.717) is 0 Å². The number of aliphatic hydroxyl groups is 1. The normalized spacial score (nSPS) is 20.9. The molecule has 1 saturated carbocycles. The molecule has 4 N–H and O–H groups in total. The highest BCUT2D eigenvalue weighted by atomic mass is 16.3. The van der Waals surface area contributed by atoms with Crippen LogP contribution in [0.25, 0.3) is 0 Å². The van der Waals surface area contributed by atoms with Gasteiger partial charge in [-0.3, -0.25) is 4.79 Å². The minimum absolute atomic E-state index is 0.246. The summed E-state index contributed by atoms with van der Waals surface area (Å²) in [7, 11) is 0. The van der Waals surface area contributed by atoms with E-state index in [-0.39, 0.29) is 11.9 Å². The summed E-state index contributed by atoms with van der Waals surface area (Å²) in [5.74, 6) is -0.246. The molecule has 1 atom stereocenters. The molecule has 0 spiro atoms. The number of hydrogen-bond donors (Lipinski definition) is 3. The molecule has 1 amide bonds. The highest BCUT2D eigenvalue weighted by Gasteiger charge is 2.31. The molecular formula is C10H20N2O2. The lowest BCUT2D eigenvalue weighted by atomic mass is 9.99. The maximum atomic E-state index is 11.5. The van der Waals surface area contributed by atoms with Crippen molar-refractivity contribution in [3.8, 4) is 0 Å². The van der Waals surface area contributed by atoms with Crippen molar-refractivity contribution in [3.63, 3.8) is 0 Å². The number of amides is 1. The molecule has 0 bridgehead atoms. The van der Waals surface area contributed by atoms with Crippen LogP contribution in [0, 0.1) is 0 Å². The summed E-state index contributed by atoms with van der Waals surface area (Å²) in [6.07, 6.45) is 4.40. The molecule has 0 aromatic heterocycles. The van der Waals surface area contributed by atoms with E-state index in [0.717, 1.165) is 12.8 Å². The maximum absolute atomic E-state index is 11.5. The van der Waals surface area contributed by atoms with Crippen molar-refractivity contribution in [1.82, 2.24) is 5.32 Å². The topological polar surface area (TPSA) is 75.3 Å². The van der Waals surface area contributed by atoms with Gasteiger partial charge in [0.2, 0.25) is 5.91 Å². The highest BCUT2D eigenvalue weighted by molar-refractivity contribution is 5.83. The van der Waals surface area contributed by atoms with Gasteiger partial charge in [0.15, 0.2) is 0 Å². The zero-order valence-corrected chi connectivity index (χ0v) is 8.92. The summed E-state index contributed by atoms with van der Waals surface area (Å²) in [6, 6.07) is -0.584. The van der Waals surface area contributed by atoms with Crippen LogP contribution in [0.2, 0.25) is 0 Å². The van der Waals surface area contributed by atoms with Crippen molar-refractivity contribution in [3.05, 3.63) is 0 Å². The number of rotatable bonds is 3. The van der Waals surface area contributed by atoms with Gasteiger partial charge < -0.3 is 16.2 Å². The van der Waals surface area contributed by atoms with Crippen molar-refractivity contribution in [2.24, 2.45) is 5.73 Å². The second-order valence-corrected chi connectivity index (χ2v) is 4.62. The lowest BCUT2D eigenvalue weighted by molar-refractivity contribution is -0.127. The minimum atomic E-state index is -1.15. The van der Waals surface area contributed by atoms with Crippen LogP contribution >= 0.6 is 0 Å². The largest absolute Gasteiger partial charge is 0.388 e. The summed E-state index contributed by atoms with van der Waals surface area (Å²) in [5, 5.41) is 12.4. The van der Waals surface area contributed by atoms with E-state index in [2.05, 4.69) is 5.32 Å². The second kappa shape index (κ2) is 4.28. The number of hydrogen-bond acceptors (Lipinski definition) is 3. The van der Waals surface area contributed by atoms with Crippen molar-refractivity contribution in [2.75, 3.05) is 0 Å². The number of nitrogens with two attached hydrogens (primary N) is 1. The zero-order valence-electron chi connectivity index (χ0n) is 8.92. The summed E-state index contributed by atoms with van der Waals surface area (Å²) in [6.45, 7) is 3.10. The number of nitrogens with one attached hydrogen (secondary N) is 1. The molecule has 0 heterocycles. The van der Waals surface area contributed by atoms with Gasteiger partial charge in [0.05, 0.1) is 5.60 Å². The van der Waals surface area contributed by atoms with Gasteiger partial charge in [0, 0.05) is 6.04 Å². The maximum Gasteiger partial charge on any atom is 0.240 e. The van der Waals surface area contributed by atoms with Gasteiger partial charge in [-0.05, 0) is 26.7 Å². The molecule has 1 rings (SSSR count). The molecule has 1 unspecified atom stereocenters. The molecule has 0 radical (unpaired) electrons. The molecule has 4 nitrogen and oxygen atoms in total. The number of carbonyl (C=O) groups excluding carboxylic acids is 1. The molecule has 1 aliphatic rings. The fourth-order valence-electron chi connectivity index (χ4n) is 1.68. The molecule has 14 heavy (non-hydrogen) atoms. The fourth-order valence-corrected chi connectivity index (χ4v) is 1.68. The average Bonchev–Trinajstić information content (AvgIpc) is 2.53. The van der Waals surface area contributed by atoms with E-state index in [9.17, 15) is 9.90 Å². The Morgan fingerprint density at radius 2 is 2.00 bits per heavy atom. The Bertz CT molecular complexity index is 205. The summed E-state index contributed by atoms with van der Waals surface area (Å²) < 4.78 is 0. The van der Waals surface area contributed by atoms with Gasteiger partial charge in [-0.25, -0.2) is 0 Å². The smallest absolute Gasteiger partial charge is 0.240 e. The van der Waals surface area contributed by atoms with E-state index < -0.39 is 11.6 Å². The van der Waals surface area contributed by atoms with Gasteiger partial charge in [-0.2, -0.15) is 0 Å². The van der Waals surface area contributed by atoms with E-state index in [1.165, 1.54) is 12.8 Å². The van der Waals surface area contributed by atoms with Crippen LogP contribution in [-0.4, -0.2) is 28.7 Å². The predicted molar refractivity (Wildman–Crippen MR) is 54.7 cm³/mol. The molecule has 1 fully saturated rings. The molecule has 0 aromatic carbocycles. The Balaban J connectivity index is 2.41. The Morgan fingerprint density at radius 1 is 1.50 bits per heavy atom. The first-order valence-electron chi connectivity index (χ1n) is 5.19. The van der Waals surface area contributed by atoms with Crippen LogP contribution in [0.4, 0.5) is 0 Å².